The van der Waals surface area contributed by atoms with E-state index >= 15 is 0 Å². The Kier molecular flexibility index (Phi) is 4.50. The summed E-state index contributed by atoms with van der Waals surface area (Å²) in [7, 11) is 0. The van der Waals surface area contributed by atoms with Crippen molar-refractivity contribution in [2.45, 2.75) is 0 Å². The molecule has 2 aromatic carbocycles. The number of rotatable bonds is 2. The Morgan fingerprint density at radius 2 is 1.79 bits per heavy atom. The van der Waals surface area contributed by atoms with Gasteiger partial charge in [0.15, 0.2) is 0 Å². The second kappa shape index (κ2) is 5.94. The molecule has 0 aliphatic heterocycles. The molecule has 0 radical (unpaired) electrons. The lowest BCUT2D eigenvalue weighted by molar-refractivity contribution is 0.102. The number of benzene rings is 2. The van der Waals surface area contributed by atoms with Gasteiger partial charge in [0.1, 0.15) is 0 Å². The molecular formula is C13H9Br2ClN2O. The lowest BCUT2D eigenvalue weighted by Crippen LogP contribution is -2.14. The van der Waals surface area contributed by atoms with Crippen LogP contribution in [-0.4, -0.2) is 5.91 Å². The average molecular weight is 404 g/mol. The van der Waals surface area contributed by atoms with Crippen molar-refractivity contribution >= 4 is 60.7 Å². The quantitative estimate of drug-likeness (QED) is 0.713. The maximum atomic E-state index is 12.2. The SMILES string of the molecule is Nc1cc(Cl)ccc1C(=O)Nc1c(Br)cccc1Br. The molecule has 6 heteroatoms. The fourth-order valence-electron chi connectivity index (χ4n) is 1.54. The van der Waals surface area contributed by atoms with Crippen molar-refractivity contribution in [2.75, 3.05) is 11.1 Å². The molecule has 2 aromatic rings. The molecule has 19 heavy (non-hydrogen) atoms. The van der Waals surface area contributed by atoms with Crippen LogP contribution in [0.2, 0.25) is 5.02 Å². The number of nitrogens with one attached hydrogen (secondary N) is 1. The van der Waals surface area contributed by atoms with E-state index in [0.29, 0.717) is 22.0 Å². The normalized spacial score (nSPS) is 10.3. The summed E-state index contributed by atoms with van der Waals surface area (Å²) in [6.07, 6.45) is 0. The zero-order valence-electron chi connectivity index (χ0n) is 9.58. The number of anilines is 2. The van der Waals surface area contributed by atoms with Gasteiger partial charge in [-0.15, -0.1) is 0 Å². The molecule has 0 aliphatic carbocycles. The molecule has 0 aliphatic rings. The minimum atomic E-state index is -0.290. The van der Waals surface area contributed by atoms with Crippen LogP contribution in [0.4, 0.5) is 11.4 Å². The zero-order valence-corrected chi connectivity index (χ0v) is 13.5. The third-order valence-electron chi connectivity index (χ3n) is 2.46. The first kappa shape index (κ1) is 14.4. The van der Waals surface area contributed by atoms with E-state index in [1.54, 1.807) is 18.2 Å². The van der Waals surface area contributed by atoms with E-state index in [1.165, 1.54) is 0 Å². The van der Waals surface area contributed by atoms with E-state index in [4.69, 9.17) is 17.3 Å². The monoisotopic (exact) mass is 402 g/mol. The van der Waals surface area contributed by atoms with Crippen LogP contribution < -0.4 is 11.1 Å². The van der Waals surface area contributed by atoms with Crippen LogP contribution in [0.25, 0.3) is 0 Å². The smallest absolute Gasteiger partial charge is 0.257 e. The van der Waals surface area contributed by atoms with E-state index in [1.807, 2.05) is 18.2 Å². The van der Waals surface area contributed by atoms with Gasteiger partial charge in [-0.25, -0.2) is 0 Å². The fraction of sp³-hybridized carbons (Fsp3) is 0. The van der Waals surface area contributed by atoms with Crippen LogP contribution in [0.3, 0.4) is 0 Å². The van der Waals surface area contributed by atoms with Crippen molar-refractivity contribution in [3.05, 3.63) is 55.9 Å². The third kappa shape index (κ3) is 3.29. The van der Waals surface area contributed by atoms with Gasteiger partial charge in [0.05, 0.1) is 11.3 Å². The van der Waals surface area contributed by atoms with E-state index in [0.717, 1.165) is 8.95 Å². The van der Waals surface area contributed by atoms with Crippen molar-refractivity contribution in [2.24, 2.45) is 0 Å². The van der Waals surface area contributed by atoms with Crippen LogP contribution in [0, 0.1) is 0 Å². The first-order valence-corrected chi connectivity index (χ1v) is 7.26. The minimum Gasteiger partial charge on any atom is -0.398 e. The largest absolute Gasteiger partial charge is 0.398 e. The molecule has 0 aromatic heterocycles. The summed E-state index contributed by atoms with van der Waals surface area (Å²) in [4.78, 5) is 12.2. The fourth-order valence-corrected chi connectivity index (χ4v) is 2.92. The van der Waals surface area contributed by atoms with E-state index in [9.17, 15) is 4.79 Å². The van der Waals surface area contributed by atoms with Crippen LogP contribution in [-0.2, 0) is 0 Å². The predicted molar refractivity (Wildman–Crippen MR) is 85.7 cm³/mol. The molecule has 0 heterocycles. The van der Waals surface area contributed by atoms with Gasteiger partial charge in [0, 0.05) is 19.7 Å². The third-order valence-corrected chi connectivity index (χ3v) is 4.02. The highest BCUT2D eigenvalue weighted by molar-refractivity contribution is 9.11. The predicted octanol–water partition coefficient (Wildman–Crippen LogP) is 4.70. The number of nitrogens with two attached hydrogens (primary N) is 1. The summed E-state index contributed by atoms with van der Waals surface area (Å²) < 4.78 is 1.56. The number of nitrogen functional groups attached to an aromatic ring is 1. The molecule has 0 fully saturated rings. The summed E-state index contributed by atoms with van der Waals surface area (Å²) in [5, 5.41) is 3.30. The highest BCUT2D eigenvalue weighted by Gasteiger charge is 2.13. The number of halogens is 3. The summed E-state index contributed by atoms with van der Waals surface area (Å²) in [6.45, 7) is 0. The number of carbonyl (C=O) groups excluding carboxylic acids is 1. The lowest BCUT2D eigenvalue weighted by Gasteiger charge is -2.11. The van der Waals surface area contributed by atoms with Gasteiger partial charge in [-0.05, 0) is 62.2 Å². The Morgan fingerprint density at radius 1 is 1.16 bits per heavy atom. The second-order valence-electron chi connectivity index (χ2n) is 3.78. The molecular weight excluding hydrogens is 395 g/mol. The maximum Gasteiger partial charge on any atom is 0.257 e. The molecule has 3 N–H and O–H groups in total. The molecule has 0 saturated heterocycles. The van der Waals surface area contributed by atoms with Gasteiger partial charge in [-0.2, -0.15) is 0 Å². The Balaban J connectivity index is 2.31. The van der Waals surface area contributed by atoms with E-state index in [2.05, 4.69) is 37.2 Å². The van der Waals surface area contributed by atoms with Gasteiger partial charge < -0.3 is 11.1 Å². The van der Waals surface area contributed by atoms with Crippen LogP contribution in [0.5, 0.6) is 0 Å². The highest BCUT2D eigenvalue weighted by Crippen LogP contribution is 2.31. The molecule has 0 saturated carbocycles. The summed E-state index contributed by atoms with van der Waals surface area (Å²) in [5.41, 5.74) is 7.16. The maximum absolute atomic E-state index is 12.2. The average Bonchev–Trinajstić information content (AvgIpc) is 2.33. The summed E-state index contributed by atoms with van der Waals surface area (Å²) in [5.74, 6) is -0.290. The lowest BCUT2D eigenvalue weighted by atomic mass is 10.1. The summed E-state index contributed by atoms with van der Waals surface area (Å²) in [6, 6.07) is 10.3. The molecule has 2 rings (SSSR count). The van der Waals surface area contributed by atoms with E-state index < -0.39 is 0 Å². The number of hydrogen-bond donors (Lipinski definition) is 2. The highest BCUT2D eigenvalue weighted by atomic mass is 79.9. The number of carbonyl (C=O) groups is 1. The Labute approximate surface area is 132 Å². The van der Waals surface area contributed by atoms with E-state index in [-0.39, 0.29) is 5.91 Å². The van der Waals surface area contributed by atoms with Gasteiger partial charge in [-0.3, -0.25) is 4.79 Å². The second-order valence-corrected chi connectivity index (χ2v) is 5.93. The van der Waals surface area contributed by atoms with Crippen LogP contribution in [0.15, 0.2) is 45.3 Å². The van der Waals surface area contributed by atoms with Crippen molar-refractivity contribution in [3.63, 3.8) is 0 Å². The molecule has 0 bridgehead atoms. The van der Waals surface area contributed by atoms with Gasteiger partial charge >= 0.3 is 0 Å². The molecule has 1 amide bonds. The summed E-state index contributed by atoms with van der Waals surface area (Å²) >= 11 is 12.6. The van der Waals surface area contributed by atoms with Crippen molar-refractivity contribution < 1.29 is 4.79 Å². The Bertz CT molecular complexity index is 626. The molecule has 0 spiro atoms. The molecule has 3 nitrogen and oxygen atoms in total. The molecule has 0 atom stereocenters. The standard InChI is InChI=1S/C13H9Br2ClN2O/c14-9-2-1-3-10(15)12(9)18-13(19)8-5-4-7(16)6-11(8)17/h1-6H,17H2,(H,18,19). The zero-order chi connectivity index (χ0) is 14.0. The van der Waals surface area contributed by atoms with Gasteiger partial charge in [0.2, 0.25) is 0 Å². The Morgan fingerprint density at radius 3 is 2.37 bits per heavy atom. The van der Waals surface area contributed by atoms with Crippen molar-refractivity contribution in [1.82, 2.24) is 0 Å². The van der Waals surface area contributed by atoms with Crippen LogP contribution in [0.1, 0.15) is 10.4 Å². The van der Waals surface area contributed by atoms with Crippen molar-refractivity contribution in [3.8, 4) is 0 Å². The Hall–Kier alpha value is -1.04. The minimum absolute atomic E-state index is 0.290. The van der Waals surface area contributed by atoms with Gasteiger partial charge in [0.25, 0.3) is 5.91 Å². The van der Waals surface area contributed by atoms with Crippen molar-refractivity contribution in [1.29, 1.82) is 0 Å². The number of amides is 1. The first-order chi connectivity index (χ1) is 8.99. The topological polar surface area (TPSA) is 55.1 Å². The number of hydrogen-bond acceptors (Lipinski definition) is 2. The molecule has 98 valence electrons. The van der Waals surface area contributed by atoms with Crippen LogP contribution >= 0.6 is 43.5 Å². The first-order valence-electron chi connectivity index (χ1n) is 5.29. The van der Waals surface area contributed by atoms with Gasteiger partial charge in [-0.1, -0.05) is 17.7 Å². The number of para-hydroxylation sites is 1. The molecule has 0 unspecified atom stereocenters.